The van der Waals surface area contributed by atoms with E-state index in [1.165, 1.54) is 32.1 Å². The van der Waals surface area contributed by atoms with Gasteiger partial charge < -0.3 is 9.47 Å². The van der Waals surface area contributed by atoms with Gasteiger partial charge in [-0.3, -0.25) is 0 Å². The molecule has 0 aliphatic rings. The summed E-state index contributed by atoms with van der Waals surface area (Å²) in [6, 6.07) is 14.6. The zero-order valence-corrected chi connectivity index (χ0v) is 16.3. The Morgan fingerprint density at radius 3 is 2.19 bits per heavy atom. The van der Waals surface area contributed by atoms with Crippen LogP contribution in [0.25, 0.3) is 0 Å². The molecular formula is C24H30O3. The molecule has 0 saturated heterocycles. The maximum atomic E-state index is 12.2. The molecule has 2 aromatic rings. The molecule has 3 nitrogen and oxygen atoms in total. The van der Waals surface area contributed by atoms with Gasteiger partial charge in [0.25, 0.3) is 0 Å². The minimum absolute atomic E-state index is 0.360. The van der Waals surface area contributed by atoms with E-state index in [2.05, 4.69) is 13.5 Å². The fourth-order valence-electron chi connectivity index (χ4n) is 2.79. The van der Waals surface area contributed by atoms with Gasteiger partial charge in [0.15, 0.2) is 0 Å². The summed E-state index contributed by atoms with van der Waals surface area (Å²) in [5, 5.41) is 0. The first-order chi connectivity index (χ1) is 13.2. The van der Waals surface area contributed by atoms with Crippen molar-refractivity contribution in [3.8, 4) is 11.5 Å². The third kappa shape index (κ3) is 7.69. The zero-order chi connectivity index (χ0) is 19.3. The summed E-state index contributed by atoms with van der Waals surface area (Å²) < 4.78 is 11.2. The van der Waals surface area contributed by atoms with Crippen LogP contribution in [-0.4, -0.2) is 12.6 Å². The van der Waals surface area contributed by atoms with Crippen LogP contribution in [0.4, 0.5) is 0 Å². The molecular weight excluding hydrogens is 336 g/mol. The summed E-state index contributed by atoms with van der Waals surface area (Å²) in [5.41, 5.74) is 1.65. The third-order valence-corrected chi connectivity index (χ3v) is 4.37. The molecule has 2 aromatic carbocycles. The molecule has 0 bridgehead atoms. The molecule has 2 rings (SSSR count). The number of benzene rings is 2. The quantitative estimate of drug-likeness (QED) is 0.189. The number of rotatable bonds is 12. The highest BCUT2D eigenvalue weighted by Gasteiger charge is 2.08. The Labute approximate surface area is 163 Å². The zero-order valence-electron chi connectivity index (χ0n) is 16.3. The molecule has 27 heavy (non-hydrogen) atoms. The molecule has 0 amide bonds. The van der Waals surface area contributed by atoms with Crippen molar-refractivity contribution in [3.05, 3.63) is 72.3 Å². The highest BCUT2D eigenvalue weighted by molar-refractivity contribution is 5.91. The smallest absolute Gasteiger partial charge is 0.343 e. The lowest BCUT2D eigenvalue weighted by Gasteiger charge is -2.08. The van der Waals surface area contributed by atoms with E-state index in [1.54, 1.807) is 24.3 Å². The molecule has 144 valence electrons. The van der Waals surface area contributed by atoms with E-state index in [-0.39, 0.29) is 5.97 Å². The van der Waals surface area contributed by atoms with Gasteiger partial charge >= 0.3 is 5.97 Å². The van der Waals surface area contributed by atoms with Crippen molar-refractivity contribution in [1.82, 2.24) is 0 Å². The molecule has 0 N–H and O–H groups in total. The minimum atomic E-state index is -0.360. The van der Waals surface area contributed by atoms with Crippen LogP contribution in [0, 0.1) is 0 Å². The normalized spacial score (nSPS) is 10.4. The first-order valence-corrected chi connectivity index (χ1v) is 9.88. The highest BCUT2D eigenvalue weighted by Crippen LogP contribution is 2.19. The Morgan fingerprint density at radius 1 is 0.889 bits per heavy atom. The molecule has 0 unspecified atom stereocenters. The summed E-state index contributed by atoms with van der Waals surface area (Å²) in [6.07, 6.45) is 10.1. The summed E-state index contributed by atoms with van der Waals surface area (Å²) >= 11 is 0. The lowest BCUT2D eigenvalue weighted by molar-refractivity contribution is 0.0734. The first-order valence-electron chi connectivity index (χ1n) is 9.88. The van der Waals surface area contributed by atoms with Gasteiger partial charge in [0.05, 0.1) is 12.2 Å². The fourth-order valence-corrected chi connectivity index (χ4v) is 2.79. The van der Waals surface area contributed by atoms with Crippen LogP contribution in [0.2, 0.25) is 0 Å². The summed E-state index contributed by atoms with van der Waals surface area (Å²) in [5.74, 6) is 0.958. The number of allylic oxidation sites excluding steroid dienone is 1. The average molecular weight is 367 g/mol. The van der Waals surface area contributed by atoms with Gasteiger partial charge in [0, 0.05) is 0 Å². The van der Waals surface area contributed by atoms with E-state index in [0.717, 1.165) is 30.8 Å². The lowest BCUT2D eigenvalue weighted by Crippen LogP contribution is -2.08. The maximum absolute atomic E-state index is 12.2. The number of hydrogen-bond donors (Lipinski definition) is 0. The molecule has 0 aromatic heterocycles. The first kappa shape index (κ1) is 20.8. The Morgan fingerprint density at radius 2 is 1.52 bits per heavy atom. The van der Waals surface area contributed by atoms with Gasteiger partial charge in [0.1, 0.15) is 11.5 Å². The van der Waals surface area contributed by atoms with Crippen LogP contribution in [0.15, 0.2) is 61.2 Å². The van der Waals surface area contributed by atoms with Crippen molar-refractivity contribution < 1.29 is 14.3 Å². The number of carbonyl (C=O) groups excluding carboxylic acids is 1. The van der Waals surface area contributed by atoms with Crippen LogP contribution in [0.3, 0.4) is 0 Å². The number of unbranched alkanes of at least 4 members (excludes halogenated alkanes) is 5. The fraction of sp³-hybridized carbons (Fsp3) is 0.375. The minimum Gasteiger partial charge on any atom is -0.494 e. The van der Waals surface area contributed by atoms with E-state index in [4.69, 9.17) is 9.47 Å². The van der Waals surface area contributed by atoms with E-state index in [9.17, 15) is 4.79 Å². The largest absolute Gasteiger partial charge is 0.494 e. The van der Waals surface area contributed by atoms with E-state index in [0.29, 0.717) is 11.3 Å². The Hall–Kier alpha value is -2.55. The van der Waals surface area contributed by atoms with Gasteiger partial charge in [-0.15, -0.1) is 6.58 Å². The van der Waals surface area contributed by atoms with Gasteiger partial charge in [-0.2, -0.15) is 0 Å². The van der Waals surface area contributed by atoms with Crippen molar-refractivity contribution in [2.75, 3.05) is 6.61 Å². The molecule has 3 heteroatoms. The topological polar surface area (TPSA) is 35.5 Å². The van der Waals surface area contributed by atoms with Crippen LogP contribution >= 0.6 is 0 Å². The molecule has 0 atom stereocenters. The molecule has 0 radical (unpaired) electrons. The van der Waals surface area contributed by atoms with Gasteiger partial charge in [-0.05, 0) is 54.8 Å². The third-order valence-electron chi connectivity index (χ3n) is 4.37. The second kappa shape index (κ2) is 11.9. The number of esters is 1. The van der Waals surface area contributed by atoms with Crippen LogP contribution in [-0.2, 0) is 6.42 Å². The standard InChI is InChI=1S/C24H30O3/c1-3-5-6-7-8-9-19-26-22-15-17-23(18-16-22)27-24(25)21-13-11-20(10-4-2)12-14-21/h4,11-18H,2-3,5-10,19H2,1H3. The van der Waals surface area contributed by atoms with E-state index < -0.39 is 0 Å². The van der Waals surface area contributed by atoms with Crippen molar-refractivity contribution in [2.45, 2.75) is 51.9 Å². The number of ether oxygens (including phenoxy) is 2. The monoisotopic (exact) mass is 366 g/mol. The van der Waals surface area contributed by atoms with Gasteiger partial charge in [-0.25, -0.2) is 4.79 Å². The maximum Gasteiger partial charge on any atom is 0.343 e. The van der Waals surface area contributed by atoms with Gasteiger partial charge in [-0.1, -0.05) is 57.2 Å². The van der Waals surface area contributed by atoms with Crippen LogP contribution < -0.4 is 9.47 Å². The second-order valence-electron chi connectivity index (χ2n) is 6.67. The van der Waals surface area contributed by atoms with Crippen molar-refractivity contribution in [1.29, 1.82) is 0 Å². The molecule has 0 aliphatic heterocycles. The number of hydrogen-bond acceptors (Lipinski definition) is 3. The van der Waals surface area contributed by atoms with Gasteiger partial charge in [0.2, 0.25) is 0 Å². The van der Waals surface area contributed by atoms with E-state index in [1.807, 2.05) is 30.3 Å². The second-order valence-corrected chi connectivity index (χ2v) is 6.67. The Balaban J connectivity index is 1.74. The molecule has 0 saturated carbocycles. The molecule has 0 heterocycles. The van der Waals surface area contributed by atoms with Crippen molar-refractivity contribution in [2.24, 2.45) is 0 Å². The van der Waals surface area contributed by atoms with Crippen LogP contribution in [0.5, 0.6) is 11.5 Å². The predicted octanol–water partition coefficient (Wildman–Crippen LogP) is 6.37. The number of carbonyl (C=O) groups is 1. The predicted molar refractivity (Wildman–Crippen MR) is 111 cm³/mol. The van der Waals surface area contributed by atoms with Crippen molar-refractivity contribution in [3.63, 3.8) is 0 Å². The Bertz CT molecular complexity index is 687. The average Bonchev–Trinajstić information content (AvgIpc) is 2.69. The van der Waals surface area contributed by atoms with Crippen LogP contribution in [0.1, 0.15) is 61.4 Å². The van der Waals surface area contributed by atoms with Crippen molar-refractivity contribution >= 4 is 5.97 Å². The molecule has 0 aliphatic carbocycles. The summed E-state index contributed by atoms with van der Waals surface area (Å²) in [6.45, 7) is 6.66. The highest BCUT2D eigenvalue weighted by atomic mass is 16.5. The molecule has 0 fully saturated rings. The lowest BCUT2D eigenvalue weighted by atomic mass is 10.1. The SMILES string of the molecule is C=CCc1ccc(C(=O)Oc2ccc(OCCCCCCCC)cc2)cc1. The summed E-state index contributed by atoms with van der Waals surface area (Å²) in [4.78, 5) is 12.2. The Kier molecular flexibility index (Phi) is 9.19. The van der Waals surface area contributed by atoms with E-state index >= 15 is 0 Å². The molecule has 0 spiro atoms. The summed E-state index contributed by atoms with van der Waals surface area (Å²) in [7, 11) is 0.